The van der Waals surface area contributed by atoms with Gasteiger partial charge in [-0.15, -0.1) is 0 Å². The smallest absolute Gasteiger partial charge is 0.201 e. The topological polar surface area (TPSA) is 3.88 Å². The van der Waals surface area contributed by atoms with Crippen molar-refractivity contribution in [2.45, 2.75) is 51.9 Å². The number of hydrogen-bond donors (Lipinski definition) is 0. The summed E-state index contributed by atoms with van der Waals surface area (Å²) in [7, 11) is 2.19. The van der Waals surface area contributed by atoms with Crippen LogP contribution in [0.5, 0.6) is 0 Å². The summed E-state index contributed by atoms with van der Waals surface area (Å²) < 4.78 is 2.30. The molecule has 1 heteroatoms. The standard InChI is InChI=1S/C31H32N/c1-21-26(30-19-23(16-17-32(30)2)18-22-8-4-3-5-9-22)14-15-28-29(21)20-25-13-12-24-10-6-7-11-27(24)31(25)28/h6-7,10-17,19,22H,3-5,8-9,18,20H2,1-2H3/q+1. The van der Waals surface area contributed by atoms with Gasteiger partial charge < -0.3 is 0 Å². The van der Waals surface area contributed by atoms with Gasteiger partial charge in [0.2, 0.25) is 5.69 Å². The lowest BCUT2D eigenvalue weighted by Gasteiger charge is -2.21. The lowest BCUT2D eigenvalue weighted by Crippen LogP contribution is -2.31. The highest BCUT2D eigenvalue weighted by atomic mass is 14.9. The fraction of sp³-hybridized carbons (Fsp3) is 0.323. The van der Waals surface area contributed by atoms with Gasteiger partial charge in [-0.1, -0.05) is 74.6 Å². The maximum atomic E-state index is 2.46. The molecule has 1 fully saturated rings. The van der Waals surface area contributed by atoms with Gasteiger partial charge in [-0.2, -0.15) is 0 Å². The van der Waals surface area contributed by atoms with Gasteiger partial charge >= 0.3 is 0 Å². The summed E-state index contributed by atoms with van der Waals surface area (Å²) in [5.74, 6) is 0.869. The van der Waals surface area contributed by atoms with Crippen molar-refractivity contribution in [3.63, 3.8) is 0 Å². The summed E-state index contributed by atoms with van der Waals surface area (Å²) >= 11 is 0. The Kier molecular flexibility index (Phi) is 4.86. The summed E-state index contributed by atoms with van der Waals surface area (Å²) in [4.78, 5) is 0. The highest BCUT2D eigenvalue weighted by Gasteiger charge is 2.26. The Hall–Kier alpha value is -2.93. The number of nitrogens with zero attached hydrogens (tertiary/aromatic N) is 1. The molecule has 0 aliphatic heterocycles. The maximum absolute atomic E-state index is 2.46. The molecule has 4 aromatic rings. The fourth-order valence-electron chi connectivity index (χ4n) is 6.20. The molecule has 0 unspecified atom stereocenters. The lowest BCUT2D eigenvalue weighted by molar-refractivity contribution is -0.660. The number of pyridine rings is 1. The van der Waals surface area contributed by atoms with Gasteiger partial charge in [0.05, 0.1) is 0 Å². The Morgan fingerprint density at radius 2 is 1.69 bits per heavy atom. The number of benzene rings is 3. The summed E-state index contributed by atoms with van der Waals surface area (Å²) in [5.41, 5.74) is 11.5. The molecule has 0 atom stereocenters. The maximum Gasteiger partial charge on any atom is 0.212 e. The number of hydrogen-bond acceptors (Lipinski definition) is 0. The first-order valence-corrected chi connectivity index (χ1v) is 12.3. The van der Waals surface area contributed by atoms with Crippen LogP contribution in [0, 0.1) is 12.8 Å². The van der Waals surface area contributed by atoms with Crippen LogP contribution in [0.3, 0.4) is 0 Å². The summed E-state index contributed by atoms with van der Waals surface area (Å²) in [6.45, 7) is 2.33. The Morgan fingerprint density at radius 3 is 2.56 bits per heavy atom. The van der Waals surface area contributed by atoms with E-state index in [1.54, 1.807) is 0 Å². The molecule has 2 aliphatic rings. The first-order valence-electron chi connectivity index (χ1n) is 12.3. The minimum atomic E-state index is 0.869. The van der Waals surface area contributed by atoms with E-state index in [-0.39, 0.29) is 0 Å². The van der Waals surface area contributed by atoms with Crippen LogP contribution in [0.1, 0.15) is 54.4 Å². The van der Waals surface area contributed by atoms with Crippen LogP contribution in [0.4, 0.5) is 0 Å². The average molecular weight is 419 g/mol. The molecule has 0 saturated heterocycles. The molecule has 0 amide bonds. The van der Waals surface area contributed by atoms with E-state index in [0.29, 0.717) is 0 Å². The van der Waals surface area contributed by atoms with Crippen LogP contribution in [0.25, 0.3) is 33.2 Å². The fourth-order valence-corrected chi connectivity index (χ4v) is 6.20. The molecule has 1 saturated carbocycles. The Labute approximate surface area is 191 Å². The van der Waals surface area contributed by atoms with E-state index in [1.807, 2.05) is 0 Å². The zero-order valence-corrected chi connectivity index (χ0v) is 19.3. The molecule has 0 N–H and O–H groups in total. The van der Waals surface area contributed by atoms with E-state index in [1.165, 1.54) is 93.9 Å². The van der Waals surface area contributed by atoms with E-state index in [0.717, 1.165) is 12.3 Å². The predicted molar refractivity (Wildman–Crippen MR) is 134 cm³/mol. The van der Waals surface area contributed by atoms with E-state index in [4.69, 9.17) is 0 Å². The summed E-state index contributed by atoms with van der Waals surface area (Å²) in [6.07, 6.45) is 11.6. The third kappa shape index (κ3) is 3.26. The summed E-state index contributed by atoms with van der Waals surface area (Å²) in [5, 5.41) is 2.72. The molecule has 0 spiro atoms. The largest absolute Gasteiger partial charge is 0.212 e. The van der Waals surface area contributed by atoms with Crippen LogP contribution in [0.2, 0.25) is 0 Å². The van der Waals surface area contributed by atoms with Crippen molar-refractivity contribution in [2.24, 2.45) is 13.0 Å². The SMILES string of the molecule is Cc1c(-c2cc(CC3CCCCC3)cc[n+]2C)ccc2c1Cc1ccc3ccccc3c1-2. The van der Waals surface area contributed by atoms with E-state index in [2.05, 4.69) is 85.4 Å². The van der Waals surface area contributed by atoms with Gasteiger partial charge in [-0.3, -0.25) is 0 Å². The number of rotatable bonds is 3. The molecule has 0 radical (unpaired) electrons. The first kappa shape index (κ1) is 19.7. The monoisotopic (exact) mass is 418 g/mol. The Balaban J connectivity index is 1.41. The van der Waals surface area contributed by atoms with Gasteiger partial charge in [0, 0.05) is 17.7 Å². The van der Waals surface area contributed by atoms with E-state index in [9.17, 15) is 0 Å². The zero-order valence-electron chi connectivity index (χ0n) is 19.3. The van der Waals surface area contributed by atoms with Gasteiger partial charge in [-0.25, -0.2) is 4.57 Å². The zero-order chi connectivity index (χ0) is 21.7. The van der Waals surface area contributed by atoms with Crippen LogP contribution in [-0.2, 0) is 19.9 Å². The third-order valence-electron chi connectivity index (χ3n) is 7.99. The molecule has 3 aromatic carbocycles. The minimum Gasteiger partial charge on any atom is -0.201 e. The molecule has 0 bridgehead atoms. The van der Waals surface area contributed by atoms with Crippen LogP contribution in [-0.4, -0.2) is 0 Å². The number of aryl methyl sites for hydroxylation is 1. The second-order valence-electron chi connectivity index (χ2n) is 10.0. The van der Waals surface area contributed by atoms with Gasteiger partial charge in [0.1, 0.15) is 7.05 Å². The molecule has 1 aromatic heterocycles. The van der Waals surface area contributed by atoms with Gasteiger partial charge in [0.15, 0.2) is 6.20 Å². The van der Waals surface area contributed by atoms with Crippen LogP contribution < -0.4 is 4.57 Å². The molecule has 1 heterocycles. The predicted octanol–water partition coefficient (Wildman–Crippen LogP) is 7.33. The molecule has 2 aliphatic carbocycles. The van der Waals surface area contributed by atoms with Crippen molar-refractivity contribution in [3.8, 4) is 22.4 Å². The van der Waals surface area contributed by atoms with Gasteiger partial charge in [0.25, 0.3) is 0 Å². The van der Waals surface area contributed by atoms with E-state index >= 15 is 0 Å². The highest BCUT2D eigenvalue weighted by Crippen LogP contribution is 2.44. The summed E-state index contributed by atoms with van der Waals surface area (Å²) in [6, 6.07) is 23.0. The molecular formula is C31H32N+. The quantitative estimate of drug-likeness (QED) is 0.270. The van der Waals surface area contributed by atoms with Gasteiger partial charge in [-0.05, 0) is 75.9 Å². The van der Waals surface area contributed by atoms with E-state index < -0.39 is 0 Å². The third-order valence-corrected chi connectivity index (χ3v) is 7.99. The number of aromatic nitrogens is 1. The lowest BCUT2D eigenvalue weighted by atomic mass is 9.84. The Morgan fingerprint density at radius 1 is 0.875 bits per heavy atom. The van der Waals surface area contributed by atoms with Crippen molar-refractivity contribution < 1.29 is 4.57 Å². The normalized spacial score (nSPS) is 15.7. The van der Waals surface area contributed by atoms with Crippen molar-refractivity contribution in [3.05, 3.63) is 89.1 Å². The van der Waals surface area contributed by atoms with Crippen molar-refractivity contribution in [1.82, 2.24) is 0 Å². The minimum absolute atomic E-state index is 0.869. The molecule has 1 nitrogen and oxygen atoms in total. The molecule has 6 rings (SSSR count). The first-order chi connectivity index (χ1) is 15.7. The molecule has 32 heavy (non-hydrogen) atoms. The van der Waals surface area contributed by atoms with Crippen molar-refractivity contribution in [1.29, 1.82) is 0 Å². The van der Waals surface area contributed by atoms with Crippen LogP contribution >= 0.6 is 0 Å². The molecule has 160 valence electrons. The Bertz CT molecular complexity index is 1320. The average Bonchev–Trinajstić information content (AvgIpc) is 3.22. The second kappa shape index (κ2) is 7.89. The molecular weight excluding hydrogens is 386 g/mol. The second-order valence-corrected chi connectivity index (χ2v) is 10.0. The van der Waals surface area contributed by atoms with Crippen molar-refractivity contribution in [2.75, 3.05) is 0 Å². The highest BCUT2D eigenvalue weighted by molar-refractivity contribution is 6.01. The van der Waals surface area contributed by atoms with Crippen molar-refractivity contribution >= 4 is 10.8 Å². The number of fused-ring (bicyclic) bond motifs is 5. The van der Waals surface area contributed by atoms with Crippen LogP contribution in [0.15, 0.2) is 66.9 Å².